The lowest BCUT2D eigenvalue weighted by molar-refractivity contribution is -0.139. The third-order valence-corrected chi connectivity index (χ3v) is 5.46. The van der Waals surface area contributed by atoms with E-state index in [1.807, 2.05) is 11.8 Å². The van der Waals surface area contributed by atoms with Gasteiger partial charge in [-0.2, -0.15) is 0 Å². The lowest BCUT2D eigenvalue weighted by Gasteiger charge is -2.44. The number of piperazine rings is 1. The number of benzene rings is 2. The first kappa shape index (κ1) is 21.9. The normalized spacial score (nSPS) is 19.4. The van der Waals surface area contributed by atoms with E-state index in [2.05, 4.69) is 11.8 Å². The first-order valence-corrected chi connectivity index (χ1v) is 10.0. The van der Waals surface area contributed by atoms with Crippen molar-refractivity contribution in [1.82, 2.24) is 9.80 Å². The standard InChI is InChI=1S/C23H29FN2O4/c1-16-13-26(17(2)12-25(16)14-18-8-10-19(24)11-9-18)22(27)15-30-23-20(28-3)6-5-7-21(23)29-4/h5-11,16-17H,12-15H2,1-4H3/t16-,17+/m1/s1. The smallest absolute Gasteiger partial charge is 0.260 e. The van der Waals surface area contributed by atoms with Gasteiger partial charge in [0.2, 0.25) is 5.75 Å². The molecule has 2 atom stereocenters. The highest BCUT2D eigenvalue weighted by Gasteiger charge is 2.32. The molecule has 30 heavy (non-hydrogen) atoms. The minimum Gasteiger partial charge on any atom is -0.493 e. The summed E-state index contributed by atoms with van der Waals surface area (Å²) in [6.45, 7) is 6.11. The van der Waals surface area contributed by atoms with Crippen molar-refractivity contribution in [2.75, 3.05) is 33.9 Å². The van der Waals surface area contributed by atoms with Gasteiger partial charge in [-0.25, -0.2) is 4.39 Å². The van der Waals surface area contributed by atoms with Crippen molar-refractivity contribution in [1.29, 1.82) is 0 Å². The molecule has 3 rings (SSSR count). The number of amides is 1. The zero-order valence-corrected chi connectivity index (χ0v) is 17.9. The Kier molecular flexibility index (Phi) is 7.15. The molecule has 0 unspecified atom stereocenters. The number of carbonyl (C=O) groups excluding carboxylic acids is 1. The second kappa shape index (κ2) is 9.80. The molecule has 6 nitrogen and oxygen atoms in total. The third-order valence-electron chi connectivity index (χ3n) is 5.46. The zero-order chi connectivity index (χ0) is 21.7. The van der Waals surface area contributed by atoms with Gasteiger partial charge in [0.15, 0.2) is 18.1 Å². The van der Waals surface area contributed by atoms with Gasteiger partial charge in [-0.05, 0) is 43.7 Å². The topological polar surface area (TPSA) is 51.2 Å². The van der Waals surface area contributed by atoms with E-state index in [0.29, 0.717) is 23.8 Å². The molecule has 7 heteroatoms. The summed E-state index contributed by atoms with van der Waals surface area (Å²) < 4.78 is 29.6. The predicted molar refractivity (Wildman–Crippen MR) is 112 cm³/mol. The van der Waals surface area contributed by atoms with Crippen molar-refractivity contribution in [2.24, 2.45) is 0 Å². The average Bonchev–Trinajstić information content (AvgIpc) is 2.75. The fraction of sp³-hybridized carbons (Fsp3) is 0.435. The molecule has 162 valence electrons. The van der Waals surface area contributed by atoms with Crippen LogP contribution in [0.5, 0.6) is 17.2 Å². The molecule has 1 amide bonds. The number of hydrogen-bond acceptors (Lipinski definition) is 5. The van der Waals surface area contributed by atoms with Crippen LogP contribution in [0.25, 0.3) is 0 Å². The first-order valence-electron chi connectivity index (χ1n) is 10.0. The van der Waals surface area contributed by atoms with Crippen LogP contribution in [0.2, 0.25) is 0 Å². The summed E-state index contributed by atoms with van der Waals surface area (Å²) in [5.74, 6) is 1.15. The van der Waals surface area contributed by atoms with Gasteiger partial charge in [0, 0.05) is 31.7 Å². The van der Waals surface area contributed by atoms with Crippen molar-refractivity contribution in [3.63, 3.8) is 0 Å². The Morgan fingerprint density at radius 1 is 1.00 bits per heavy atom. The third kappa shape index (κ3) is 5.02. The van der Waals surface area contributed by atoms with Crippen molar-refractivity contribution in [2.45, 2.75) is 32.5 Å². The molecule has 0 bridgehead atoms. The highest BCUT2D eigenvalue weighted by atomic mass is 19.1. The van der Waals surface area contributed by atoms with Crippen molar-refractivity contribution in [3.05, 3.63) is 53.8 Å². The Morgan fingerprint density at radius 2 is 1.63 bits per heavy atom. The van der Waals surface area contributed by atoms with Gasteiger partial charge in [0.1, 0.15) is 5.82 Å². The minimum atomic E-state index is -0.234. The number of para-hydroxylation sites is 1. The lowest BCUT2D eigenvalue weighted by atomic mass is 10.1. The molecule has 1 heterocycles. The van der Waals surface area contributed by atoms with Crippen LogP contribution in [-0.2, 0) is 11.3 Å². The number of ether oxygens (including phenoxy) is 3. The quantitative estimate of drug-likeness (QED) is 0.693. The van der Waals surface area contributed by atoms with Crippen LogP contribution in [0.3, 0.4) is 0 Å². The van der Waals surface area contributed by atoms with Crippen LogP contribution < -0.4 is 14.2 Å². The summed E-state index contributed by atoms with van der Waals surface area (Å²) in [5.41, 5.74) is 1.06. The molecule has 1 saturated heterocycles. The summed E-state index contributed by atoms with van der Waals surface area (Å²) in [4.78, 5) is 17.1. The summed E-state index contributed by atoms with van der Waals surface area (Å²) in [5, 5.41) is 0. The number of halogens is 1. The van der Waals surface area contributed by atoms with Gasteiger partial charge < -0.3 is 19.1 Å². The molecule has 1 fully saturated rings. The van der Waals surface area contributed by atoms with Gasteiger partial charge in [0.25, 0.3) is 5.91 Å². The fourth-order valence-electron chi connectivity index (χ4n) is 3.77. The van der Waals surface area contributed by atoms with E-state index in [1.54, 1.807) is 44.6 Å². The highest BCUT2D eigenvalue weighted by Crippen LogP contribution is 2.36. The molecule has 0 saturated carbocycles. The number of rotatable bonds is 7. The summed E-state index contributed by atoms with van der Waals surface area (Å²) in [6, 6.07) is 12.1. The Labute approximate surface area is 177 Å². The molecule has 2 aromatic carbocycles. The van der Waals surface area contributed by atoms with Gasteiger partial charge in [0.05, 0.1) is 14.2 Å². The second-order valence-corrected chi connectivity index (χ2v) is 7.58. The molecule has 0 aromatic heterocycles. The van der Waals surface area contributed by atoms with Gasteiger partial charge in [-0.15, -0.1) is 0 Å². The van der Waals surface area contributed by atoms with E-state index in [4.69, 9.17) is 14.2 Å². The Balaban J connectivity index is 1.61. The van der Waals surface area contributed by atoms with Crippen LogP contribution in [0.1, 0.15) is 19.4 Å². The van der Waals surface area contributed by atoms with Crippen molar-refractivity contribution >= 4 is 5.91 Å². The van der Waals surface area contributed by atoms with E-state index in [-0.39, 0.29) is 30.4 Å². The lowest BCUT2D eigenvalue weighted by Crippen LogP contribution is -2.58. The maximum absolute atomic E-state index is 13.1. The fourth-order valence-corrected chi connectivity index (χ4v) is 3.77. The van der Waals surface area contributed by atoms with E-state index in [1.165, 1.54) is 12.1 Å². The monoisotopic (exact) mass is 416 g/mol. The zero-order valence-electron chi connectivity index (χ0n) is 17.9. The molecular formula is C23H29FN2O4. The molecule has 0 N–H and O–H groups in total. The molecular weight excluding hydrogens is 387 g/mol. The van der Waals surface area contributed by atoms with Gasteiger partial charge in [-0.1, -0.05) is 18.2 Å². The SMILES string of the molecule is COc1cccc(OC)c1OCC(=O)N1C[C@@H](C)N(Cc2ccc(F)cc2)C[C@@H]1C. The molecule has 0 aliphatic carbocycles. The van der Waals surface area contributed by atoms with E-state index >= 15 is 0 Å². The minimum absolute atomic E-state index is 0.0392. The van der Waals surface area contributed by atoms with Gasteiger partial charge in [-0.3, -0.25) is 9.69 Å². The van der Waals surface area contributed by atoms with Crippen LogP contribution in [0.4, 0.5) is 4.39 Å². The Bertz CT molecular complexity index is 837. The number of methoxy groups -OCH3 is 2. The number of carbonyl (C=O) groups is 1. The van der Waals surface area contributed by atoms with E-state index < -0.39 is 0 Å². The molecule has 0 spiro atoms. The second-order valence-electron chi connectivity index (χ2n) is 7.58. The van der Waals surface area contributed by atoms with Crippen LogP contribution in [0.15, 0.2) is 42.5 Å². The molecule has 1 aliphatic rings. The van der Waals surface area contributed by atoms with Gasteiger partial charge >= 0.3 is 0 Å². The maximum atomic E-state index is 13.1. The summed E-state index contributed by atoms with van der Waals surface area (Å²) in [6.07, 6.45) is 0. The first-order chi connectivity index (χ1) is 14.4. The van der Waals surface area contributed by atoms with Crippen LogP contribution in [-0.4, -0.2) is 61.7 Å². The number of nitrogens with zero attached hydrogens (tertiary/aromatic N) is 2. The maximum Gasteiger partial charge on any atom is 0.260 e. The molecule has 2 aromatic rings. The van der Waals surface area contributed by atoms with Crippen molar-refractivity contribution < 1.29 is 23.4 Å². The summed E-state index contributed by atoms with van der Waals surface area (Å²) in [7, 11) is 3.10. The predicted octanol–water partition coefficient (Wildman–Crippen LogP) is 3.34. The van der Waals surface area contributed by atoms with Crippen molar-refractivity contribution in [3.8, 4) is 17.2 Å². The molecule has 0 radical (unpaired) electrons. The number of hydrogen-bond donors (Lipinski definition) is 0. The van der Waals surface area contributed by atoms with Crippen LogP contribution in [0, 0.1) is 5.82 Å². The largest absolute Gasteiger partial charge is 0.493 e. The van der Waals surface area contributed by atoms with E-state index in [0.717, 1.165) is 18.7 Å². The molecule has 1 aliphatic heterocycles. The summed E-state index contributed by atoms with van der Waals surface area (Å²) >= 11 is 0. The average molecular weight is 416 g/mol. The Morgan fingerprint density at radius 3 is 2.23 bits per heavy atom. The van der Waals surface area contributed by atoms with E-state index in [9.17, 15) is 9.18 Å². The van der Waals surface area contributed by atoms with Crippen LogP contribution >= 0.6 is 0 Å². The highest BCUT2D eigenvalue weighted by molar-refractivity contribution is 5.78. The Hall–Kier alpha value is -2.80.